The summed E-state index contributed by atoms with van der Waals surface area (Å²) in [7, 11) is 0. The van der Waals surface area contributed by atoms with Crippen molar-refractivity contribution < 1.29 is 36.2 Å². The molecule has 0 unspecified atom stereocenters. The quantitative estimate of drug-likeness (QED) is 0.170. The number of rotatable bonds is 4. The van der Waals surface area contributed by atoms with Crippen LogP contribution in [0.15, 0.2) is 121 Å². The molecule has 0 saturated heterocycles. The second-order valence-electron chi connectivity index (χ2n) is 7.29. The molecule has 0 saturated carbocycles. The van der Waals surface area contributed by atoms with Crippen LogP contribution in [0.5, 0.6) is 0 Å². The van der Waals surface area contributed by atoms with Crippen molar-refractivity contribution in [1.29, 1.82) is 0 Å². The summed E-state index contributed by atoms with van der Waals surface area (Å²) < 4.78 is 0. The average molecular weight is 542 g/mol. The van der Waals surface area contributed by atoms with Crippen molar-refractivity contribution in [3.8, 4) is 0 Å². The summed E-state index contributed by atoms with van der Waals surface area (Å²) in [5, 5.41) is 0. The monoisotopic (exact) mass is 542 g/mol. The van der Waals surface area contributed by atoms with Crippen LogP contribution in [0.4, 0.5) is 0 Å². The fourth-order valence-electron chi connectivity index (χ4n) is 4.15. The number of hydrogen-bond acceptors (Lipinski definition) is 4. The first kappa shape index (κ1) is 33.6. The Morgan fingerprint density at radius 2 is 0.526 bits per heavy atom. The maximum absolute atomic E-state index is 14.0. The maximum Gasteiger partial charge on any atom is 4.00 e. The largest absolute Gasteiger partial charge is 4.00 e. The first-order valence-electron chi connectivity index (χ1n) is 10.8. The molecular weight excluding hydrogens is 516 g/mol. The Kier molecular flexibility index (Phi) is 15.8. The summed E-state index contributed by atoms with van der Waals surface area (Å²) >= 11 is 0. The topological polar surface area (TPSA) is 68.3 Å². The standard InChI is InChI=1S/C29H20O.3CHO.CH3.Fe/c30-29-27(23-17-9-3-10-18-23)25(21-13-5-1-6-14-21)26(22-15-7-2-8-16-22)28(29)24-19-11-4-12-20-24;3*1-2;;/h1-20H;3*1H;1H3;/q;4*-1;+4. The molecule has 1 aliphatic carbocycles. The maximum atomic E-state index is 14.0. The zero-order valence-electron chi connectivity index (χ0n) is 20.8. The van der Waals surface area contributed by atoms with E-state index in [0.29, 0.717) is 0 Å². The van der Waals surface area contributed by atoms with E-state index in [-0.39, 0.29) is 30.3 Å². The third kappa shape index (κ3) is 7.30. The number of carbonyl (C=O) groups excluding carboxylic acids is 4. The van der Waals surface area contributed by atoms with Gasteiger partial charge in [-0.05, 0) is 22.3 Å². The Balaban J connectivity index is 0.00000160. The van der Waals surface area contributed by atoms with Gasteiger partial charge in [-0.3, -0.25) is 25.2 Å². The number of carbonyl (C=O) groups is 1. The van der Waals surface area contributed by atoms with Crippen LogP contribution in [0.3, 0.4) is 0 Å². The second kappa shape index (κ2) is 17.9. The molecule has 0 N–H and O–H groups in total. The van der Waals surface area contributed by atoms with Crippen LogP contribution in [0.2, 0.25) is 0 Å². The molecule has 0 atom stereocenters. The van der Waals surface area contributed by atoms with Crippen molar-refractivity contribution in [3.05, 3.63) is 151 Å². The van der Waals surface area contributed by atoms with Crippen LogP contribution in [0, 0.1) is 7.43 Å². The third-order valence-electron chi connectivity index (χ3n) is 5.45. The van der Waals surface area contributed by atoms with Gasteiger partial charge in [0, 0.05) is 22.3 Å². The van der Waals surface area contributed by atoms with Gasteiger partial charge in [0.15, 0.2) is 5.78 Å². The average Bonchev–Trinajstić information content (AvgIpc) is 3.30. The van der Waals surface area contributed by atoms with Crippen LogP contribution in [-0.4, -0.2) is 26.2 Å². The van der Waals surface area contributed by atoms with Gasteiger partial charge in [0.05, 0.1) is 0 Å². The molecule has 0 amide bonds. The molecule has 190 valence electrons. The first-order valence-corrected chi connectivity index (χ1v) is 10.8. The first-order chi connectivity index (χ1) is 17.8. The number of benzene rings is 4. The number of allylic oxidation sites excluding steroid dienone is 4. The van der Waals surface area contributed by atoms with Crippen molar-refractivity contribution >= 4 is 48.4 Å². The van der Waals surface area contributed by atoms with Crippen LogP contribution >= 0.6 is 0 Å². The smallest absolute Gasteiger partial charge is 0.545 e. The molecule has 38 heavy (non-hydrogen) atoms. The minimum absolute atomic E-state index is 0. The third-order valence-corrected chi connectivity index (χ3v) is 5.45. The molecule has 1 aliphatic rings. The van der Waals surface area contributed by atoms with Gasteiger partial charge in [-0.25, -0.2) is 0 Å². The second-order valence-corrected chi connectivity index (χ2v) is 7.29. The Labute approximate surface area is 235 Å². The van der Waals surface area contributed by atoms with Crippen molar-refractivity contribution in [2.24, 2.45) is 0 Å². The van der Waals surface area contributed by atoms with E-state index in [0.717, 1.165) is 44.5 Å². The predicted octanol–water partition coefficient (Wildman–Crippen LogP) is 6.42. The molecule has 4 aromatic rings. The van der Waals surface area contributed by atoms with E-state index in [2.05, 4.69) is 44.6 Å². The van der Waals surface area contributed by atoms with E-state index in [9.17, 15) is 4.79 Å². The fourth-order valence-corrected chi connectivity index (χ4v) is 4.15. The zero-order valence-corrected chi connectivity index (χ0v) is 21.9. The van der Waals surface area contributed by atoms with Gasteiger partial charge in [0.2, 0.25) is 0 Å². The molecule has 0 radical (unpaired) electrons. The van der Waals surface area contributed by atoms with Gasteiger partial charge in [0.1, 0.15) is 0 Å². The Hall–Kier alpha value is -4.44. The van der Waals surface area contributed by atoms with Crippen molar-refractivity contribution in [1.82, 2.24) is 0 Å². The van der Waals surface area contributed by atoms with Gasteiger partial charge >= 0.3 is 17.1 Å². The van der Waals surface area contributed by atoms with E-state index in [1.807, 2.05) is 97.1 Å². The molecule has 0 spiro atoms. The van der Waals surface area contributed by atoms with Gasteiger partial charge in [-0.1, -0.05) is 121 Å². The van der Waals surface area contributed by atoms with Gasteiger partial charge in [-0.15, -0.1) is 0 Å². The summed E-state index contributed by atoms with van der Waals surface area (Å²) in [5.41, 5.74) is 7.51. The molecule has 0 aliphatic heterocycles. The number of ketones is 1. The minimum Gasteiger partial charge on any atom is -0.545 e. The minimum atomic E-state index is 0. The van der Waals surface area contributed by atoms with E-state index in [1.165, 1.54) is 0 Å². The fraction of sp³-hybridized carbons (Fsp3) is 0. The van der Waals surface area contributed by atoms with Crippen LogP contribution in [0.25, 0.3) is 22.3 Å². The van der Waals surface area contributed by atoms with Crippen LogP contribution in [0.1, 0.15) is 22.3 Å². The summed E-state index contributed by atoms with van der Waals surface area (Å²) in [6.45, 7) is 9.75. The molecule has 0 bridgehead atoms. The van der Waals surface area contributed by atoms with Crippen molar-refractivity contribution in [3.63, 3.8) is 0 Å². The number of Topliss-reactive ketones (excluding diaryl/α,β-unsaturated/α-hetero) is 1. The Morgan fingerprint density at radius 3 is 0.737 bits per heavy atom. The number of hydrogen-bond donors (Lipinski definition) is 0. The normalized spacial score (nSPS) is 11.2. The van der Waals surface area contributed by atoms with Crippen LogP contribution in [-0.2, 0) is 36.2 Å². The molecule has 4 nitrogen and oxygen atoms in total. The molecule has 0 heterocycles. The van der Waals surface area contributed by atoms with E-state index >= 15 is 0 Å². The van der Waals surface area contributed by atoms with E-state index < -0.39 is 0 Å². The summed E-state index contributed by atoms with van der Waals surface area (Å²) in [6, 6.07) is 40.5. The van der Waals surface area contributed by atoms with Gasteiger partial charge in [0.25, 0.3) is 0 Å². The SMILES string of the molecule is O=C1C(c2ccccc2)=C(c2ccccc2)C(c2ccccc2)=C1c1ccccc1.[CH-]=O.[CH-]=O.[CH-]=O.[CH3-].[Fe+4]. The van der Waals surface area contributed by atoms with Gasteiger partial charge in [-0.2, -0.15) is 0 Å². The molecule has 5 heteroatoms. The molecular formula is C33H26FeO4. The molecule has 5 rings (SSSR count). The van der Waals surface area contributed by atoms with Crippen LogP contribution < -0.4 is 0 Å². The summed E-state index contributed by atoms with van der Waals surface area (Å²) in [5.74, 6) is 0.0742. The Morgan fingerprint density at radius 1 is 0.342 bits per heavy atom. The van der Waals surface area contributed by atoms with E-state index in [4.69, 9.17) is 14.4 Å². The molecule has 0 aromatic heterocycles. The Bertz CT molecular complexity index is 1210. The van der Waals surface area contributed by atoms with Gasteiger partial charge < -0.3 is 21.8 Å². The summed E-state index contributed by atoms with van der Waals surface area (Å²) in [6.07, 6.45) is 0. The molecule has 4 aromatic carbocycles. The van der Waals surface area contributed by atoms with Crippen molar-refractivity contribution in [2.75, 3.05) is 0 Å². The van der Waals surface area contributed by atoms with E-state index in [1.54, 1.807) is 0 Å². The zero-order chi connectivity index (χ0) is 26.3. The summed E-state index contributed by atoms with van der Waals surface area (Å²) in [4.78, 5) is 37.2. The molecule has 0 fully saturated rings. The predicted molar refractivity (Wildman–Crippen MR) is 151 cm³/mol. The van der Waals surface area contributed by atoms with Crippen molar-refractivity contribution in [2.45, 2.75) is 0 Å².